The van der Waals surface area contributed by atoms with Crippen molar-refractivity contribution in [3.05, 3.63) is 23.8 Å². The molecule has 0 amide bonds. The number of hydrogen-bond acceptors (Lipinski definition) is 4. The quantitative estimate of drug-likeness (QED) is 0.779. The van der Waals surface area contributed by atoms with Crippen LogP contribution in [0.25, 0.3) is 0 Å². The normalized spacial score (nSPS) is 16.6. The maximum atomic E-state index is 4.38. The molecule has 4 nitrogen and oxygen atoms in total. The highest BCUT2D eigenvalue weighted by Gasteiger charge is 2.18. The summed E-state index contributed by atoms with van der Waals surface area (Å²) < 4.78 is 0. The SMILES string of the molecule is Cc1nccc(CNCCN(C)C2CCCC2)n1. The summed E-state index contributed by atoms with van der Waals surface area (Å²) in [5.41, 5.74) is 1.08. The Hall–Kier alpha value is -1.00. The largest absolute Gasteiger partial charge is 0.310 e. The first-order valence-corrected chi connectivity index (χ1v) is 6.95. The smallest absolute Gasteiger partial charge is 0.125 e. The zero-order valence-corrected chi connectivity index (χ0v) is 11.5. The molecule has 1 saturated carbocycles. The summed E-state index contributed by atoms with van der Waals surface area (Å²) in [7, 11) is 2.24. The van der Waals surface area contributed by atoms with Crippen LogP contribution in [0.15, 0.2) is 12.3 Å². The Morgan fingerprint density at radius 2 is 2.17 bits per heavy atom. The lowest BCUT2D eigenvalue weighted by molar-refractivity contribution is 0.245. The van der Waals surface area contributed by atoms with Gasteiger partial charge in [0.2, 0.25) is 0 Å². The molecule has 4 heteroatoms. The zero-order valence-electron chi connectivity index (χ0n) is 11.5. The number of aromatic nitrogens is 2. The van der Waals surface area contributed by atoms with E-state index < -0.39 is 0 Å². The Balaban J connectivity index is 1.63. The van der Waals surface area contributed by atoms with Crippen molar-refractivity contribution < 1.29 is 0 Å². The predicted molar refractivity (Wildman–Crippen MR) is 73.4 cm³/mol. The van der Waals surface area contributed by atoms with Gasteiger partial charge in [0.15, 0.2) is 0 Å². The molecule has 1 aromatic rings. The molecule has 0 aliphatic heterocycles. The Kier molecular flexibility index (Phi) is 5.08. The van der Waals surface area contributed by atoms with Gasteiger partial charge in [0, 0.05) is 31.9 Å². The zero-order chi connectivity index (χ0) is 12.8. The number of rotatable bonds is 6. The van der Waals surface area contributed by atoms with E-state index in [1.807, 2.05) is 19.2 Å². The van der Waals surface area contributed by atoms with Gasteiger partial charge in [-0.05, 0) is 32.9 Å². The maximum absolute atomic E-state index is 4.38. The molecule has 18 heavy (non-hydrogen) atoms. The number of hydrogen-bond donors (Lipinski definition) is 1. The van der Waals surface area contributed by atoms with Crippen molar-refractivity contribution in [2.75, 3.05) is 20.1 Å². The Morgan fingerprint density at radius 3 is 2.89 bits per heavy atom. The molecule has 0 spiro atoms. The Bertz CT molecular complexity index is 361. The molecule has 1 heterocycles. The molecule has 0 atom stereocenters. The average Bonchev–Trinajstić information content (AvgIpc) is 2.88. The second kappa shape index (κ2) is 6.81. The lowest BCUT2D eigenvalue weighted by atomic mass is 10.2. The van der Waals surface area contributed by atoms with Crippen molar-refractivity contribution in [3.63, 3.8) is 0 Å². The highest BCUT2D eigenvalue weighted by atomic mass is 15.1. The van der Waals surface area contributed by atoms with E-state index in [4.69, 9.17) is 0 Å². The van der Waals surface area contributed by atoms with Gasteiger partial charge in [-0.25, -0.2) is 9.97 Å². The third kappa shape index (κ3) is 4.03. The molecule has 0 unspecified atom stereocenters. The molecule has 0 saturated heterocycles. The summed E-state index contributed by atoms with van der Waals surface area (Å²) in [6.45, 7) is 4.91. The summed E-state index contributed by atoms with van der Waals surface area (Å²) in [6, 6.07) is 2.79. The minimum atomic E-state index is 0.813. The fourth-order valence-electron chi connectivity index (χ4n) is 2.60. The first kappa shape index (κ1) is 13.4. The van der Waals surface area contributed by atoms with Crippen LogP contribution < -0.4 is 5.32 Å². The van der Waals surface area contributed by atoms with E-state index >= 15 is 0 Å². The van der Waals surface area contributed by atoms with Crippen LogP contribution in [-0.4, -0.2) is 41.0 Å². The summed E-state index contributed by atoms with van der Waals surface area (Å²) in [6.07, 6.45) is 7.39. The first-order valence-electron chi connectivity index (χ1n) is 6.95. The fraction of sp³-hybridized carbons (Fsp3) is 0.714. The van der Waals surface area contributed by atoms with Gasteiger partial charge in [-0.15, -0.1) is 0 Å². The Labute approximate surface area is 110 Å². The van der Waals surface area contributed by atoms with Crippen LogP contribution >= 0.6 is 0 Å². The summed E-state index contributed by atoms with van der Waals surface area (Å²) in [5, 5.41) is 3.45. The van der Waals surface area contributed by atoms with Crippen LogP contribution in [-0.2, 0) is 6.54 Å². The molecule has 1 aromatic heterocycles. The van der Waals surface area contributed by atoms with Gasteiger partial charge in [-0.3, -0.25) is 0 Å². The molecule has 1 aliphatic rings. The molecule has 100 valence electrons. The van der Waals surface area contributed by atoms with E-state index in [2.05, 4.69) is 27.2 Å². The van der Waals surface area contributed by atoms with Crippen LogP contribution in [0, 0.1) is 6.92 Å². The summed E-state index contributed by atoms with van der Waals surface area (Å²) in [5.74, 6) is 0.845. The molecular formula is C14H24N4. The molecule has 0 radical (unpaired) electrons. The van der Waals surface area contributed by atoms with Crippen molar-refractivity contribution >= 4 is 0 Å². The highest BCUT2D eigenvalue weighted by molar-refractivity contribution is 5.00. The van der Waals surface area contributed by atoms with Gasteiger partial charge in [0.25, 0.3) is 0 Å². The third-order valence-electron chi connectivity index (χ3n) is 3.73. The fourth-order valence-corrected chi connectivity index (χ4v) is 2.60. The molecule has 1 N–H and O–H groups in total. The van der Waals surface area contributed by atoms with Crippen LogP contribution in [0.5, 0.6) is 0 Å². The van der Waals surface area contributed by atoms with Crippen LogP contribution in [0.3, 0.4) is 0 Å². The van der Waals surface area contributed by atoms with Gasteiger partial charge in [0.1, 0.15) is 5.82 Å². The number of likely N-dealkylation sites (N-methyl/N-ethyl adjacent to an activating group) is 1. The van der Waals surface area contributed by atoms with E-state index in [1.165, 1.54) is 25.7 Å². The van der Waals surface area contributed by atoms with Gasteiger partial charge < -0.3 is 10.2 Å². The van der Waals surface area contributed by atoms with E-state index in [-0.39, 0.29) is 0 Å². The van der Waals surface area contributed by atoms with Gasteiger partial charge in [-0.2, -0.15) is 0 Å². The van der Waals surface area contributed by atoms with Crippen LogP contribution in [0.2, 0.25) is 0 Å². The minimum Gasteiger partial charge on any atom is -0.310 e. The minimum absolute atomic E-state index is 0.813. The molecular weight excluding hydrogens is 224 g/mol. The maximum Gasteiger partial charge on any atom is 0.125 e. The van der Waals surface area contributed by atoms with E-state index in [0.29, 0.717) is 0 Å². The van der Waals surface area contributed by atoms with Crippen LogP contribution in [0.1, 0.15) is 37.2 Å². The van der Waals surface area contributed by atoms with Crippen molar-refractivity contribution in [1.29, 1.82) is 0 Å². The van der Waals surface area contributed by atoms with Crippen molar-refractivity contribution in [1.82, 2.24) is 20.2 Å². The molecule has 0 aromatic carbocycles. The molecule has 1 aliphatic carbocycles. The highest BCUT2D eigenvalue weighted by Crippen LogP contribution is 2.21. The molecule has 2 rings (SSSR count). The van der Waals surface area contributed by atoms with Gasteiger partial charge in [0.05, 0.1) is 5.69 Å². The number of nitrogens with one attached hydrogen (secondary N) is 1. The van der Waals surface area contributed by atoms with Crippen molar-refractivity contribution in [3.8, 4) is 0 Å². The third-order valence-corrected chi connectivity index (χ3v) is 3.73. The molecule has 1 fully saturated rings. The Morgan fingerprint density at radius 1 is 1.39 bits per heavy atom. The number of aryl methyl sites for hydroxylation is 1. The van der Waals surface area contributed by atoms with Gasteiger partial charge >= 0.3 is 0 Å². The second-order valence-electron chi connectivity index (χ2n) is 5.19. The number of nitrogens with zero attached hydrogens (tertiary/aromatic N) is 3. The van der Waals surface area contributed by atoms with E-state index in [1.54, 1.807) is 0 Å². The lowest BCUT2D eigenvalue weighted by Crippen LogP contribution is -2.35. The van der Waals surface area contributed by atoms with Gasteiger partial charge in [-0.1, -0.05) is 12.8 Å². The lowest BCUT2D eigenvalue weighted by Gasteiger charge is -2.23. The standard InChI is InChI=1S/C14H24N4/c1-12-16-8-7-13(17-12)11-15-9-10-18(2)14-5-3-4-6-14/h7-8,14-15H,3-6,9-11H2,1-2H3. The van der Waals surface area contributed by atoms with E-state index in [0.717, 1.165) is 37.2 Å². The van der Waals surface area contributed by atoms with Crippen molar-refractivity contribution in [2.24, 2.45) is 0 Å². The monoisotopic (exact) mass is 248 g/mol. The van der Waals surface area contributed by atoms with Crippen molar-refractivity contribution in [2.45, 2.75) is 45.2 Å². The average molecular weight is 248 g/mol. The molecule has 0 bridgehead atoms. The predicted octanol–water partition coefficient (Wildman–Crippen LogP) is 1.75. The van der Waals surface area contributed by atoms with Crippen LogP contribution in [0.4, 0.5) is 0 Å². The van der Waals surface area contributed by atoms with E-state index in [9.17, 15) is 0 Å². The summed E-state index contributed by atoms with van der Waals surface area (Å²) >= 11 is 0. The second-order valence-corrected chi connectivity index (χ2v) is 5.19. The first-order chi connectivity index (χ1) is 8.75. The topological polar surface area (TPSA) is 41.1 Å². The summed E-state index contributed by atoms with van der Waals surface area (Å²) in [4.78, 5) is 11.0.